The van der Waals surface area contributed by atoms with E-state index < -0.39 is 10.0 Å². The Labute approximate surface area is 144 Å². The number of benzene rings is 1. The van der Waals surface area contributed by atoms with Crippen molar-refractivity contribution in [3.8, 4) is 0 Å². The predicted octanol–water partition coefficient (Wildman–Crippen LogP) is 2.28. The number of halogens is 1. The molecular formula is C16H24ClN3O2S. The maximum atomic E-state index is 13.2. The topological polar surface area (TPSA) is 54.3 Å². The quantitative estimate of drug-likeness (QED) is 0.897. The van der Waals surface area contributed by atoms with E-state index in [0.717, 1.165) is 16.6 Å². The lowest BCUT2D eigenvalue weighted by Crippen LogP contribution is -2.55. The third-order valence-electron chi connectivity index (χ3n) is 4.46. The lowest BCUT2D eigenvalue weighted by molar-refractivity contribution is 0.263. The lowest BCUT2D eigenvalue weighted by atomic mass is 10.2. The van der Waals surface area contributed by atoms with Crippen LogP contribution in [0.1, 0.15) is 19.5 Å². The number of rotatable bonds is 2. The van der Waals surface area contributed by atoms with E-state index in [4.69, 9.17) is 0 Å². The van der Waals surface area contributed by atoms with E-state index >= 15 is 0 Å². The van der Waals surface area contributed by atoms with Crippen LogP contribution in [0.4, 0.5) is 0 Å². The minimum atomic E-state index is -3.49. The molecule has 128 valence electrons. The van der Waals surface area contributed by atoms with E-state index in [2.05, 4.69) is 5.32 Å². The fourth-order valence-corrected chi connectivity index (χ4v) is 5.47. The Morgan fingerprint density at radius 2 is 1.70 bits per heavy atom. The molecule has 7 heteroatoms. The number of aryl methyl sites for hydroxylation is 1. The molecule has 0 aliphatic carbocycles. The smallest absolute Gasteiger partial charge is 0.245 e. The van der Waals surface area contributed by atoms with Gasteiger partial charge in [-0.05, 0) is 26.8 Å². The van der Waals surface area contributed by atoms with Gasteiger partial charge in [-0.25, -0.2) is 8.42 Å². The Kier molecular flexibility index (Phi) is 5.11. The van der Waals surface area contributed by atoms with Crippen LogP contribution in [0.3, 0.4) is 0 Å². The first-order valence-electron chi connectivity index (χ1n) is 7.62. The second-order valence-corrected chi connectivity index (χ2v) is 8.16. The molecule has 0 saturated carbocycles. The van der Waals surface area contributed by atoms with Gasteiger partial charge >= 0.3 is 0 Å². The van der Waals surface area contributed by atoms with Gasteiger partial charge in [0.1, 0.15) is 4.90 Å². The standard InChI is InChI=1S/C16H23N3O2S.ClH/c1-11-9-19(10-12(2)17-11)22(20,21)16-13(3)18(4)15-8-6-5-7-14(15)16;/h5-8,11-12,17H,9-10H2,1-4H3;1H. The first-order chi connectivity index (χ1) is 10.3. The Morgan fingerprint density at radius 1 is 1.13 bits per heavy atom. The zero-order valence-corrected chi connectivity index (χ0v) is 15.5. The monoisotopic (exact) mass is 357 g/mol. The second-order valence-electron chi connectivity index (χ2n) is 6.28. The van der Waals surface area contributed by atoms with Gasteiger partial charge in [0, 0.05) is 48.8 Å². The Bertz CT molecular complexity index is 806. The van der Waals surface area contributed by atoms with Crippen molar-refractivity contribution in [3.05, 3.63) is 30.0 Å². The van der Waals surface area contributed by atoms with Crippen LogP contribution in [0, 0.1) is 6.92 Å². The molecule has 5 nitrogen and oxygen atoms in total. The molecule has 1 fully saturated rings. The Morgan fingerprint density at radius 3 is 2.30 bits per heavy atom. The van der Waals surface area contributed by atoms with Crippen LogP contribution in [0.25, 0.3) is 10.9 Å². The van der Waals surface area contributed by atoms with Crippen LogP contribution < -0.4 is 5.32 Å². The number of nitrogens with zero attached hydrogens (tertiary/aromatic N) is 2. The molecule has 2 heterocycles. The maximum absolute atomic E-state index is 13.2. The molecule has 2 aromatic rings. The molecule has 0 bridgehead atoms. The van der Waals surface area contributed by atoms with Crippen molar-refractivity contribution in [1.29, 1.82) is 0 Å². The van der Waals surface area contributed by atoms with Crippen molar-refractivity contribution >= 4 is 33.3 Å². The van der Waals surface area contributed by atoms with Gasteiger partial charge in [0.15, 0.2) is 0 Å². The van der Waals surface area contributed by atoms with Gasteiger partial charge in [0.2, 0.25) is 10.0 Å². The van der Waals surface area contributed by atoms with Crippen molar-refractivity contribution < 1.29 is 8.42 Å². The van der Waals surface area contributed by atoms with E-state index in [1.165, 1.54) is 0 Å². The number of aromatic nitrogens is 1. The van der Waals surface area contributed by atoms with E-state index in [0.29, 0.717) is 18.0 Å². The molecule has 0 spiro atoms. The minimum Gasteiger partial charge on any atom is -0.347 e. The average molecular weight is 358 g/mol. The first kappa shape index (κ1) is 18.3. The molecule has 1 saturated heterocycles. The highest BCUT2D eigenvalue weighted by Crippen LogP contribution is 2.31. The molecule has 1 aliphatic rings. The summed E-state index contributed by atoms with van der Waals surface area (Å²) in [6.07, 6.45) is 0. The molecule has 0 radical (unpaired) electrons. The summed E-state index contributed by atoms with van der Waals surface area (Å²) in [5.74, 6) is 0. The van der Waals surface area contributed by atoms with Gasteiger partial charge in [-0.15, -0.1) is 12.4 Å². The van der Waals surface area contributed by atoms with Crippen molar-refractivity contribution in [2.45, 2.75) is 37.8 Å². The highest BCUT2D eigenvalue weighted by atomic mass is 35.5. The molecule has 3 rings (SSSR count). The number of fused-ring (bicyclic) bond motifs is 1. The van der Waals surface area contributed by atoms with Gasteiger partial charge in [-0.1, -0.05) is 18.2 Å². The maximum Gasteiger partial charge on any atom is 0.245 e. The summed E-state index contributed by atoms with van der Waals surface area (Å²) in [5.41, 5.74) is 1.75. The summed E-state index contributed by atoms with van der Waals surface area (Å²) in [5, 5.41) is 4.19. The molecule has 1 aromatic carbocycles. The third kappa shape index (κ3) is 3.01. The average Bonchev–Trinajstić information content (AvgIpc) is 2.71. The zero-order chi connectivity index (χ0) is 16.1. The number of nitrogens with one attached hydrogen (secondary N) is 1. The van der Waals surface area contributed by atoms with Gasteiger partial charge in [-0.2, -0.15) is 4.31 Å². The fourth-order valence-electron chi connectivity index (χ4n) is 3.41. The molecule has 2 unspecified atom stereocenters. The van der Waals surface area contributed by atoms with Crippen molar-refractivity contribution in [3.63, 3.8) is 0 Å². The molecule has 1 N–H and O–H groups in total. The van der Waals surface area contributed by atoms with Crippen molar-refractivity contribution in [2.75, 3.05) is 13.1 Å². The summed E-state index contributed by atoms with van der Waals surface area (Å²) < 4.78 is 30.0. The summed E-state index contributed by atoms with van der Waals surface area (Å²) in [6.45, 7) is 6.94. The third-order valence-corrected chi connectivity index (χ3v) is 6.47. The van der Waals surface area contributed by atoms with Crippen LogP contribution in [-0.2, 0) is 17.1 Å². The highest BCUT2D eigenvalue weighted by Gasteiger charge is 2.34. The molecule has 2 atom stereocenters. The largest absolute Gasteiger partial charge is 0.347 e. The molecule has 1 aromatic heterocycles. The summed E-state index contributed by atoms with van der Waals surface area (Å²) in [6, 6.07) is 8.01. The van der Waals surface area contributed by atoms with E-state index in [1.54, 1.807) is 4.31 Å². The highest BCUT2D eigenvalue weighted by molar-refractivity contribution is 7.89. The predicted molar refractivity (Wildman–Crippen MR) is 95.7 cm³/mol. The van der Waals surface area contributed by atoms with Gasteiger partial charge in [0.25, 0.3) is 0 Å². The van der Waals surface area contributed by atoms with Crippen LogP contribution in [0.15, 0.2) is 29.2 Å². The second kappa shape index (κ2) is 6.43. The first-order valence-corrected chi connectivity index (χ1v) is 9.06. The van der Waals surface area contributed by atoms with Crippen molar-refractivity contribution in [1.82, 2.24) is 14.2 Å². The molecule has 0 amide bonds. The van der Waals surface area contributed by atoms with Crippen LogP contribution >= 0.6 is 12.4 Å². The van der Waals surface area contributed by atoms with Crippen LogP contribution in [-0.4, -0.2) is 42.5 Å². The van der Waals surface area contributed by atoms with Crippen molar-refractivity contribution in [2.24, 2.45) is 7.05 Å². The van der Waals surface area contributed by atoms with Gasteiger partial charge < -0.3 is 9.88 Å². The SMILES string of the molecule is Cc1c(S(=O)(=O)N2CC(C)NC(C)C2)c2ccccc2n1C.Cl. The number of hydrogen-bond acceptors (Lipinski definition) is 3. The summed E-state index contributed by atoms with van der Waals surface area (Å²) >= 11 is 0. The summed E-state index contributed by atoms with van der Waals surface area (Å²) in [4.78, 5) is 0.451. The fraction of sp³-hybridized carbons (Fsp3) is 0.500. The number of sulfonamides is 1. The van der Waals surface area contributed by atoms with E-state index in [1.807, 2.05) is 56.7 Å². The number of para-hydroxylation sites is 1. The Hall–Kier alpha value is -1.08. The molecule has 1 aliphatic heterocycles. The molecule has 23 heavy (non-hydrogen) atoms. The van der Waals surface area contributed by atoms with Crippen LogP contribution in [0.2, 0.25) is 0 Å². The Balaban J connectivity index is 0.00000192. The number of piperazine rings is 1. The normalized spacial score (nSPS) is 23.0. The lowest BCUT2D eigenvalue weighted by Gasteiger charge is -2.35. The minimum absolute atomic E-state index is 0. The zero-order valence-electron chi connectivity index (χ0n) is 13.9. The van der Waals surface area contributed by atoms with Gasteiger partial charge in [-0.3, -0.25) is 0 Å². The van der Waals surface area contributed by atoms with E-state index in [9.17, 15) is 8.42 Å². The summed E-state index contributed by atoms with van der Waals surface area (Å²) in [7, 11) is -1.58. The molecular weight excluding hydrogens is 334 g/mol. The van der Waals surface area contributed by atoms with Crippen LogP contribution in [0.5, 0.6) is 0 Å². The number of hydrogen-bond donors (Lipinski definition) is 1. The van der Waals surface area contributed by atoms with Gasteiger partial charge in [0.05, 0.1) is 0 Å². The van der Waals surface area contributed by atoms with E-state index in [-0.39, 0.29) is 24.5 Å².